The van der Waals surface area contributed by atoms with Gasteiger partial charge < -0.3 is 4.74 Å². The third-order valence-corrected chi connectivity index (χ3v) is 11.1. The van der Waals surface area contributed by atoms with Gasteiger partial charge in [0.15, 0.2) is 0 Å². The largest absolute Gasteiger partial charge is 0.457 e. The van der Waals surface area contributed by atoms with Crippen LogP contribution in [0, 0.1) is 5.41 Å². The van der Waals surface area contributed by atoms with Crippen molar-refractivity contribution in [3.8, 4) is 34.1 Å². The summed E-state index contributed by atoms with van der Waals surface area (Å²) in [5, 5.41) is 7.69. The first kappa shape index (κ1) is 39.1. The van der Waals surface area contributed by atoms with Crippen molar-refractivity contribution in [2.75, 3.05) is 0 Å². The van der Waals surface area contributed by atoms with Crippen molar-refractivity contribution in [1.82, 2.24) is 19.3 Å². The molecule has 3 heterocycles. The Kier molecular flexibility index (Phi) is 11.3. The highest BCUT2D eigenvalue weighted by molar-refractivity contribution is 6.09. The number of ether oxygens (including phenoxy) is 1. The molecule has 5 nitrogen and oxygen atoms in total. The molecule has 56 heavy (non-hydrogen) atoms. The molecular formula is C51H60N4O. The Morgan fingerprint density at radius 2 is 1.48 bits per heavy atom. The van der Waals surface area contributed by atoms with Gasteiger partial charge in [-0.1, -0.05) is 124 Å². The number of rotatable bonds is 13. The van der Waals surface area contributed by atoms with E-state index in [2.05, 4.69) is 169 Å². The molecule has 290 valence electrons. The lowest BCUT2D eigenvalue weighted by Crippen LogP contribution is -2.12. The maximum absolute atomic E-state index is 6.74. The van der Waals surface area contributed by atoms with Crippen LogP contribution in [0.4, 0.5) is 0 Å². The number of pyridine rings is 1. The third kappa shape index (κ3) is 8.33. The van der Waals surface area contributed by atoms with Crippen molar-refractivity contribution in [3.63, 3.8) is 0 Å². The van der Waals surface area contributed by atoms with Gasteiger partial charge >= 0.3 is 0 Å². The van der Waals surface area contributed by atoms with Gasteiger partial charge in [0.1, 0.15) is 17.3 Å². The van der Waals surface area contributed by atoms with Crippen molar-refractivity contribution in [3.05, 3.63) is 132 Å². The van der Waals surface area contributed by atoms with E-state index < -0.39 is 0 Å². The van der Waals surface area contributed by atoms with Gasteiger partial charge in [-0.2, -0.15) is 5.10 Å². The lowest BCUT2D eigenvalue weighted by molar-refractivity contribution is 0.354. The highest BCUT2D eigenvalue weighted by Crippen LogP contribution is 2.39. The molecule has 5 heteroatoms. The Hall–Kier alpha value is -5.16. The quantitative estimate of drug-likeness (QED) is 0.118. The Balaban J connectivity index is 1.29. The maximum atomic E-state index is 6.74. The predicted molar refractivity (Wildman–Crippen MR) is 236 cm³/mol. The summed E-state index contributed by atoms with van der Waals surface area (Å²) < 4.78 is 11.2. The first-order chi connectivity index (χ1) is 26.8. The Morgan fingerprint density at radius 1 is 0.714 bits per heavy atom. The minimum atomic E-state index is -0.00384. The summed E-state index contributed by atoms with van der Waals surface area (Å²) in [4.78, 5) is 4.96. The molecule has 0 saturated carbocycles. The van der Waals surface area contributed by atoms with Gasteiger partial charge in [0, 0.05) is 34.7 Å². The molecule has 1 unspecified atom stereocenters. The van der Waals surface area contributed by atoms with Crippen LogP contribution in [0.25, 0.3) is 44.4 Å². The monoisotopic (exact) mass is 744 g/mol. The molecule has 4 aromatic carbocycles. The second-order valence-corrected chi connectivity index (χ2v) is 17.9. The second kappa shape index (κ2) is 16.1. The van der Waals surface area contributed by atoms with E-state index in [4.69, 9.17) is 14.8 Å². The first-order valence-electron chi connectivity index (χ1n) is 20.8. The van der Waals surface area contributed by atoms with Crippen molar-refractivity contribution in [2.24, 2.45) is 5.41 Å². The van der Waals surface area contributed by atoms with E-state index in [0.29, 0.717) is 11.3 Å². The molecule has 0 aliphatic heterocycles. The molecule has 0 radical (unpaired) electrons. The van der Waals surface area contributed by atoms with Crippen molar-refractivity contribution in [2.45, 2.75) is 119 Å². The fourth-order valence-electron chi connectivity index (χ4n) is 8.10. The first-order valence-corrected chi connectivity index (χ1v) is 20.8. The lowest BCUT2D eigenvalue weighted by atomic mass is 9.86. The maximum Gasteiger partial charge on any atom is 0.137 e. The van der Waals surface area contributed by atoms with Gasteiger partial charge in [-0.05, 0) is 108 Å². The minimum absolute atomic E-state index is 0.00384. The van der Waals surface area contributed by atoms with Gasteiger partial charge in [-0.25, -0.2) is 9.67 Å². The van der Waals surface area contributed by atoms with Gasteiger partial charge in [0.25, 0.3) is 0 Å². The van der Waals surface area contributed by atoms with E-state index in [-0.39, 0.29) is 5.41 Å². The lowest BCUT2D eigenvalue weighted by Gasteiger charge is -2.20. The van der Waals surface area contributed by atoms with Crippen LogP contribution in [0.2, 0.25) is 0 Å². The topological polar surface area (TPSA) is 44.9 Å². The zero-order chi connectivity index (χ0) is 39.6. The van der Waals surface area contributed by atoms with E-state index in [1.807, 2.05) is 12.3 Å². The summed E-state index contributed by atoms with van der Waals surface area (Å²) in [7, 11) is 0. The molecule has 0 aliphatic carbocycles. The normalized spacial score (nSPS) is 12.8. The molecule has 7 aromatic rings. The van der Waals surface area contributed by atoms with E-state index >= 15 is 0 Å². The van der Waals surface area contributed by atoms with Crippen LogP contribution in [0.5, 0.6) is 11.5 Å². The van der Waals surface area contributed by atoms with Gasteiger partial charge in [0.05, 0.1) is 28.1 Å². The van der Waals surface area contributed by atoms with Crippen molar-refractivity contribution >= 4 is 21.8 Å². The standard InChI is InChI=1S/C51H60N4O/c1-10-17-44-49(36-20-13-12-14-21-36)46(18-11-2)55(53-44)39-22-15-23-40(33-39)56-41-25-26-42-43-31-37(35(3)19-16-29-50(4,5)6)24-27-45(43)54(47(42)34-41)48-32-38(28-30-52-48)51(7,8)9/h12-15,20-28,30-35H,10-11,16-19,29H2,1-9H3. The van der Waals surface area contributed by atoms with Gasteiger partial charge in [-0.3, -0.25) is 4.57 Å². The molecule has 0 bridgehead atoms. The van der Waals surface area contributed by atoms with Crippen LogP contribution >= 0.6 is 0 Å². The summed E-state index contributed by atoms with van der Waals surface area (Å²) in [6.45, 7) is 20.6. The zero-order valence-electron chi connectivity index (χ0n) is 35.1. The molecule has 0 aliphatic rings. The van der Waals surface area contributed by atoms with Crippen LogP contribution in [0.15, 0.2) is 109 Å². The Bertz CT molecular complexity index is 2440. The predicted octanol–water partition coefficient (Wildman–Crippen LogP) is 14.3. The number of nitrogens with zero attached hydrogens (tertiary/aromatic N) is 4. The van der Waals surface area contributed by atoms with E-state index in [0.717, 1.165) is 65.4 Å². The fourth-order valence-corrected chi connectivity index (χ4v) is 8.10. The summed E-state index contributed by atoms with van der Waals surface area (Å²) in [6, 6.07) is 37.1. The van der Waals surface area contributed by atoms with Crippen LogP contribution in [0.1, 0.15) is 123 Å². The average molecular weight is 745 g/mol. The molecule has 0 spiro atoms. The minimum Gasteiger partial charge on any atom is -0.457 e. The van der Waals surface area contributed by atoms with E-state index in [1.54, 1.807) is 0 Å². The highest BCUT2D eigenvalue weighted by Gasteiger charge is 2.22. The Morgan fingerprint density at radius 3 is 2.21 bits per heavy atom. The number of hydrogen-bond donors (Lipinski definition) is 0. The number of aromatic nitrogens is 4. The van der Waals surface area contributed by atoms with Crippen molar-refractivity contribution in [1.29, 1.82) is 0 Å². The number of aryl methyl sites for hydroxylation is 1. The SMILES string of the molecule is CCCc1nn(-c2cccc(Oc3ccc4c5cc(C(C)CCCC(C)(C)C)ccc5n(-c5cc(C(C)(C)C)ccn5)c4c3)c2)c(CCC)c1-c1ccccc1. The molecule has 0 fully saturated rings. The molecule has 0 saturated heterocycles. The van der Waals surface area contributed by atoms with Gasteiger partial charge in [-0.15, -0.1) is 0 Å². The number of benzene rings is 4. The van der Waals surface area contributed by atoms with Crippen LogP contribution in [-0.2, 0) is 18.3 Å². The summed E-state index contributed by atoms with van der Waals surface area (Å²) in [5.41, 5.74) is 11.1. The average Bonchev–Trinajstić information content (AvgIpc) is 3.69. The molecule has 0 N–H and O–H groups in total. The highest BCUT2D eigenvalue weighted by atomic mass is 16.5. The molecule has 7 rings (SSSR count). The smallest absolute Gasteiger partial charge is 0.137 e. The summed E-state index contributed by atoms with van der Waals surface area (Å²) in [6.07, 6.45) is 9.53. The van der Waals surface area contributed by atoms with Crippen LogP contribution < -0.4 is 4.74 Å². The van der Waals surface area contributed by atoms with Crippen LogP contribution in [-0.4, -0.2) is 19.3 Å². The summed E-state index contributed by atoms with van der Waals surface area (Å²) in [5.74, 6) is 2.96. The van der Waals surface area contributed by atoms with Gasteiger partial charge in [0.2, 0.25) is 0 Å². The zero-order valence-corrected chi connectivity index (χ0v) is 35.1. The third-order valence-electron chi connectivity index (χ3n) is 11.1. The number of hydrogen-bond acceptors (Lipinski definition) is 3. The molecule has 1 atom stereocenters. The number of fused-ring (bicyclic) bond motifs is 3. The van der Waals surface area contributed by atoms with Crippen molar-refractivity contribution < 1.29 is 4.74 Å². The second-order valence-electron chi connectivity index (χ2n) is 17.9. The molecule has 3 aromatic heterocycles. The fraction of sp³-hybridized carbons (Fsp3) is 0.373. The van der Waals surface area contributed by atoms with E-state index in [9.17, 15) is 0 Å². The van der Waals surface area contributed by atoms with E-state index in [1.165, 1.54) is 58.0 Å². The molecule has 0 amide bonds. The molecular weight excluding hydrogens is 685 g/mol. The summed E-state index contributed by atoms with van der Waals surface area (Å²) >= 11 is 0. The van der Waals surface area contributed by atoms with Crippen LogP contribution in [0.3, 0.4) is 0 Å². The Labute approximate surface area is 334 Å².